The fraction of sp³-hybridized carbons (Fsp3) is 0.846. The zero-order valence-corrected chi connectivity index (χ0v) is 47.5. The van der Waals surface area contributed by atoms with Crippen molar-refractivity contribution >= 4 is 11.9 Å². The Labute approximate surface area is 442 Å². The number of unbranched alkanes of at least 4 members (excludes halogenated alkanes) is 39. The van der Waals surface area contributed by atoms with Gasteiger partial charge in [0.1, 0.15) is 0 Å². The first-order valence-electron chi connectivity index (χ1n) is 31.4. The average molecular weight is 997 g/mol. The lowest BCUT2D eigenvalue weighted by Crippen LogP contribution is -2.45. The molecule has 2 atom stereocenters. The molecule has 0 bridgehead atoms. The Balaban J connectivity index is 3.53. The summed E-state index contributed by atoms with van der Waals surface area (Å²) in [5.74, 6) is -0.138. The summed E-state index contributed by atoms with van der Waals surface area (Å²) < 4.78 is 5.47. The number of amides is 1. The van der Waals surface area contributed by atoms with Crippen molar-refractivity contribution in [3.63, 3.8) is 0 Å². The van der Waals surface area contributed by atoms with Crippen LogP contribution in [0.1, 0.15) is 328 Å². The molecule has 0 spiro atoms. The molecule has 2 unspecified atom stereocenters. The van der Waals surface area contributed by atoms with E-state index in [9.17, 15) is 19.8 Å². The maximum absolute atomic E-state index is 12.5. The Bertz CT molecular complexity index is 1190. The van der Waals surface area contributed by atoms with Gasteiger partial charge in [0.25, 0.3) is 0 Å². The molecular weight excluding hydrogens is 875 g/mol. The Hall–Kier alpha value is -2.18. The summed E-state index contributed by atoms with van der Waals surface area (Å²) in [5.41, 5.74) is 0. The van der Waals surface area contributed by atoms with Crippen LogP contribution in [0.3, 0.4) is 0 Å². The van der Waals surface area contributed by atoms with Crippen molar-refractivity contribution in [3.05, 3.63) is 48.6 Å². The monoisotopic (exact) mass is 996 g/mol. The lowest BCUT2D eigenvalue weighted by Gasteiger charge is -2.22. The summed E-state index contributed by atoms with van der Waals surface area (Å²) in [6.07, 6.45) is 77.0. The quantitative estimate of drug-likeness (QED) is 0.0321. The molecule has 0 aliphatic rings. The summed E-state index contributed by atoms with van der Waals surface area (Å²) in [4.78, 5) is 24.6. The molecule has 0 saturated carbocycles. The second-order valence-corrected chi connectivity index (χ2v) is 21.4. The number of hydrogen-bond acceptors (Lipinski definition) is 5. The number of hydrogen-bond donors (Lipinski definition) is 3. The lowest BCUT2D eigenvalue weighted by atomic mass is 10.0. The van der Waals surface area contributed by atoms with Crippen molar-refractivity contribution in [2.75, 3.05) is 13.2 Å². The summed E-state index contributed by atoms with van der Waals surface area (Å²) in [6, 6.07) is -0.588. The maximum atomic E-state index is 12.5. The number of rotatable bonds is 58. The molecule has 0 saturated heterocycles. The van der Waals surface area contributed by atoms with Crippen LogP contribution in [0.25, 0.3) is 0 Å². The van der Waals surface area contributed by atoms with Crippen molar-refractivity contribution in [2.24, 2.45) is 0 Å². The predicted molar refractivity (Wildman–Crippen MR) is 310 cm³/mol. The zero-order valence-electron chi connectivity index (χ0n) is 47.5. The smallest absolute Gasteiger partial charge is 0.305 e. The topological polar surface area (TPSA) is 95.9 Å². The molecule has 0 aliphatic heterocycles. The molecule has 0 aromatic carbocycles. The molecule has 1 amide bonds. The number of ether oxygens (including phenoxy) is 1. The third-order valence-corrected chi connectivity index (χ3v) is 14.4. The van der Waals surface area contributed by atoms with Crippen LogP contribution in [-0.4, -0.2) is 47.4 Å². The van der Waals surface area contributed by atoms with E-state index in [4.69, 9.17) is 4.74 Å². The third-order valence-electron chi connectivity index (χ3n) is 14.4. The van der Waals surface area contributed by atoms with Crippen LogP contribution in [0.2, 0.25) is 0 Å². The molecule has 0 heterocycles. The second kappa shape index (κ2) is 60.4. The highest BCUT2D eigenvalue weighted by Crippen LogP contribution is 2.17. The molecule has 6 nitrogen and oxygen atoms in total. The van der Waals surface area contributed by atoms with Gasteiger partial charge in [0.2, 0.25) is 5.91 Å². The first kappa shape index (κ1) is 68.8. The fourth-order valence-electron chi connectivity index (χ4n) is 9.54. The molecule has 0 fully saturated rings. The molecule has 416 valence electrons. The van der Waals surface area contributed by atoms with Crippen LogP contribution in [0.15, 0.2) is 48.6 Å². The van der Waals surface area contributed by atoms with E-state index in [1.807, 2.05) is 6.08 Å². The molecule has 0 aromatic heterocycles. The molecule has 0 aromatic rings. The van der Waals surface area contributed by atoms with Crippen molar-refractivity contribution in [1.82, 2.24) is 5.32 Å². The Morgan fingerprint density at radius 1 is 0.394 bits per heavy atom. The van der Waals surface area contributed by atoms with E-state index >= 15 is 0 Å². The van der Waals surface area contributed by atoms with Gasteiger partial charge in [0.15, 0.2) is 0 Å². The number of aliphatic hydroxyl groups excluding tert-OH is 2. The van der Waals surface area contributed by atoms with Gasteiger partial charge >= 0.3 is 5.97 Å². The van der Waals surface area contributed by atoms with Crippen molar-refractivity contribution in [1.29, 1.82) is 0 Å². The van der Waals surface area contributed by atoms with E-state index in [0.717, 1.165) is 57.8 Å². The van der Waals surface area contributed by atoms with Crippen LogP contribution in [0.5, 0.6) is 0 Å². The molecular formula is C65H121NO5. The molecule has 0 radical (unpaired) electrons. The van der Waals surface area contributed by atoms with E-state index in [2.05, 4.69) is 61.7 Å². The predicted octanol–water partition coefficient (Wildman–Crippen LogP) is 19.7. The van der Waals surface area contributed by atoms with Crippen molar-refractivity contribution < 1.29 is 24.5 Å². The molecule has 71 heavy (non-hydrogen) atoms. The van der Waals surface area contributed by atoms with Gasteiger partial charge in [0.05, 0.1) is 25.4 Å². The Morgan fingerprint density at radius 3 is 1.11 bits per heavy atom. The standard InChI is InChI=1S/C65H121NO5/c1-3-5-7-9-11-13-15-17-19-21-23-24-25-26-27-28-30-33-37-41-45-49-53-57-63(68)62(61-67)66-64(69)58-54-50-46-42-38-34-32-36-40-44-48-52-56-60-71-65(70)59-55-51-47-43-39-35-31-29-22-20-18-16-14-12-10-8-6-4-2/h14,16,20,22,34,38,46,50,62-63,67-68H,3-13,15,17-19,21,23-33,35-37,39-45,47-49,51-61H2,1-2H3,(H,66,69)/b16-14-,22-20-,38-34-,50-46-. The van der Waals surface area contributed by atoms with E-state index in [0.29, 0.717) is 32.3 Å². The van der Waals surface area contributed by atoms with Crippen LogP contribution in [-0.2, 0) is 14.3 Å². The first-order chi connectivity index (χ1) is 35.0. The number of carbonyl (C=O) groups is 2. The van der Waals surface area contributed by atoms with Crippen LogP contribution >= 0.6 is 0 Å². The largest absolute Gasteiger partial charge is 0.466 e. The minimum atomic E-state index is -0.702. The highest BCUT2D eigenvalue weighted by molar-refractivity contribution is 5.76. The van der Waals surface area contributed by atoms with Gasteiger partial charge < -0.3 is 20.3 Å². The molecule has 3 N–H and O–H groups in total. The van der Waals surface area contributed by atoms with Gasteiger partial charge in [-0.25, -0.2) is 0 Å². The first-order valence-corrected chi connectivity index (χ1v) is 31.4. The maximum Gasteiger partial charge on any atom is 0.305 e. The van der Waals surface area contributed by atoms with Gasteiger partial charge in [-0.15, -0.1) is 0 Å². The van der Waals surface area contributed by atoms with E-state index in [-0.39, 0.29) is 18.5 Å². The molecule has 6 heteroatoms. The summed E-state index contributed by atoms with van der Waals surface area (Å²) >= 11 is 0. The number of nitrogens with one attached hydrogen (secondary N) is 1. The van der Waals surface area contributed by atoms with E-state index < -0.39 is 12.1 Å². The minimum absolute atomic E-state index is 0.0239. The van der Waals surface area contributed by atoms with Gasteiger partial charge in [-0.1, -0.05) is 287 Å². The fourth-order valence-corrected chi connectivity index (χ4v) is 9.54. The minimum Gasteiger partial charge on any atom is -0.466 e. The van der Waals surface area contributed by atoms with Gasteiger partial charge in [-0.2, -0.15) is 0 Å². The molecule has 0 aliphatic carbocycles. The Morgan fingerprint density at radius 2 is 0.718 bits per heavy atom. The van der Waals surface area contributed by atoms with Crippen LogP contribution in [0, 0.1) is 0 Å². The lowest BCUT2D eigenvalue weighted by molar-refractivity contribution is -0.143. The number of esters is 1. The number of allylic oxidation sites excluding steroid dienone is 8. The highest BCUT2D eigenvalue weighted by Gasteiger charge is 2.20. The summed E-state index contributed by atoms with van der Waals surface area (Å²) in [6.45, 7) is 4.89. The highest BCUT2D eigenvalue weighted by atomic mass is 16.5. The zero-order chi connectivity index (χ0) is 51.4. The number of aliphatic hydroxyl groups is 2. The van der Waals surface area contributed by atoms with Gasteiger partial charge in [-0.3, -0.25) is 9.59 Å². The van der Waals surface area contributed by atoms with Crippen LogP contribution < -0.4 is 5.32 Å². The SMILES string of the molecule is CCCCCC/C=C\C/C=C\CCCCCCCCCC(=O)OCCCCCCCC/C=C\C/C=C\CCC(=O)NC(CO)C(O)CCCCCCCCCCCCCCCCCCCCCCCCC. The van der Waals surface area contributed by atoms with Crippen molar-refractivity contribution in [2.45, 2.75) is 341 Å². The Kier molecular flexibility index (Phi) is 58.5. The summed E-state index contributed by atoms with van der Waals surface area (Å²) in [7, 11) is 0. The second-order valence-electron chi connectivity index (χ2n) is 21.4. The third kappa shape index (κ3) is 57.0. The van der Waals surface area contributed by atoms with Gasteiger partial charge in [-0.05, 0) is 77.0 Å². The van der Waals surface area contributed by atoms with E-state index in [1.165, 1.54) is 231 Å². The number of carbonyl (C=O) groups excluding carboxylic acids is 2. The van der Waals surface area contributed by atoms with Crippen molar-refractivity contribution in [3.8, 4) is 0 Å². The normalized spacial score (nSPS) is 12.9. The summed E-state index contributed by atoms with van der Waals surface area (Å²) in [5, 5.41) is 23.3. The van der Waals surface area contributed by atoms with Crippen LogP contribution in [0.4, 0.5) is 0 Å². The average Bonchev–Trinajstić information content (AvgIpc) is 3.37. The van der Waals surface area contributed by atoms with Gasteiger partial charge in [0, 0.05) is 12.8 Å². The van der Waals surface area contributed by atoms with E-state index in [1.54, 1.807) is 0 Å². The molecule has 0 rings (SSSR count).